The third-order valence-electron chi connectivity index (χ3n) is 1.90. The average Bonchev–Trinajstić information content (AvgIpc) is 2.20. The lowest BCUT2D eigenvalue weighted by Crippen LogP contribution is -2.18. The molecular formula is C9H15BrN4. The van der Waals surface area contributed by atoms with E-state index in [0.717, 1.165) is 23.4 Å². The Labute approximate surface area is 92.9 Å². The summed E-state index contributed by atoms with van der Waals surface area (Å²) in [6.45, 7) is 5.86. The lowest BCUT2D eigenvalue weighted by Gasteiger charge is -2.17. The van der Waals surface area contributed by atoms with E-state index in [9.17, 15) is 0 Å². The van der Waals surface area contributed by atoms with E-state index < -0.39 is 0 Å². The van der Waals surface area contributed by atoms with Gasteiger partial charge in [-0.1, -0.05) is 0 Å². The van der Waals surface area contributed by atoms with Gasteiger partial charge in [0.15, 0.2) is 0 Å². The van der Waals surface area contributed by atoms with Crippen LogP contribution in [0.2, 0.25) is 0 Å². The molecule has 1 rings (SSSR count). The van der Waals surface area contributed by atoms with Crippen LogP contribution in [0, 0.1) is 0 Å². The average molecular weight is 259 g/mol. The summed E-state index contributed by atoms with van der Waals surface area (Å²) in [6.07, 6.45) is 1.77. The van der Waals surface area contributed by atoms with Gasteiger partial charge in [-0.05, 0) is 29.8 Å². The number of halogens is 1. The maximum atomic E-state index is 4.39. The third kappa shape index (κ3) is 2.57. The minimum atomic E-state index is 0.672. The Morgan fingerprint density at radius 2 is 2.21 bits per heavy atom. The molecule has 1 aromatic rings. The molecule has 1 heterocycles. The lowest BCUT2D eigenvalue weighted by atomic mass is 10.5. The molecule has 0 spiro atoms. The number of nitrogens with zero attached hydrogens (tertiary/aromatic N) is 3. The molecule has 4 nitrogen and oxygen atoms in total. The predicted octanol–water partition coefficient (Wildman–Crippen LogP) is 2.13. The van der Waals surface area contributed by atoms with Crippen LogP contribution in [-0.2, 0) is 0 Å². The van der Waals surface area contributed by atoms with Crippen LogP contribution in [0.15, 0.2) is 10.7 Å². The Morgan fingerprint density at radius 1 is 1.50 bits per heavy atom. The van der Waals surface area contributed by atoms with E-state index >= 15 is 0 Å². The van der Waals surface area contributed by atoms with Gasteiger partial charge in [0.1, 0.15) is 5.82 Å². The van der Waals surface area contributed by atoms with E-state index in [2.05, 4.69) is 43.0 Å². The summed E-state index contributed by atoms with van der Waals surface area (Å²) < 4.78 is 0.920. The minimum Gasteiger partial charge on any atom is -0.359 e. The second kappa shape index (κ2) is 5.14. The Balaban J connectivity index is 2.95. The van der Waals surface area contributed by atoms with Crippen LogP contribution in [0.4, 0.5) is 11.8 Å². The number of nitrogens with one attached hydrogen (secondary N) is 1. The smallest absolute Gasteiger partial charge is 0.224 e. The summed E-state index contributed by atoms with van der Waals surface area (Å²) in [6, 6.07) is 0. The van der Waals surface area contributed by atoms with Crippen molar-refractivity contribution in [3.63, 3.8) is 0 Å². The van der Waals surface area contributed by atoms with Crippen molar-refractivity contribution in [1.29, 1.82) is 0 Å². The minimum absolute atomic E-state index is 0.672. The van der Waals surface area contributed by atoms with Gasteiger partial charge in [-0.2, -0.15) is 4.98 Å². The first-order chi connectivity index (χ1) is 6.69. The molecule has 1 N–H and O–H groups in total. The van der Waals surface area contributed by atoms with Crippen molar-refractivity contribution >= 4 is 27.7 Å². The first kappa shape index (κ1) is 11.2. The van der Waals surface area contributed by atoms with Crippen molar-refractivity contribution in [2.75, 3.05) is 30.4 Å². The summed E-state index contributed by atoms with van der Waals surface area (Å²) in [5.74, 6) is 1.59. The SMILES string of the molecule is CCNc1ncc(Br)c(N(C)CC)n1. The molecule has 0 atom stereocenters. The Morgan fingerprint density at radius 3 is 2.79 bits per heavy atom. The second-order valence-corrected chi connectivity index (χ2v) is 3.76. The van der Waals surface area contributed by atoms with Crippen LogP contribution in [0.1, 0.15) is 13.8 Å². The largest absolute Gasteiger partial charge is 0.359 e. The molecule has 0 saturated carbocycles. The zero-order valence-electron chi connectivity index (χ0n) is 8.71. The lowest BCUT2D eigenvalue weighted by molar-refractivity contribution is 0.921. The van der Waals surface area contributed by atoms with Crippen molar-refractivity contribution < 1.29 is 0 Å². The zero-order valence-corrected chi connectivity index (χ0v) is 10.3. The number of aromatic nitrogens is 2. The van der Waals surface area contributed by atoms with E-state index in [4.69, 9.17) is 0 Å². The van der Waals surface area contributed by atoms with Crippen molar-refractivity contribution in [2.24, 2.45) is 0 Å². The van der Waals surface area contributed by atoms with Crippen LogP contribution in [0.25, 0.3) is 0 Å². The zero-order chi connectivity index (χ0) is 10.6. The summed E-state index contributed by atoms with van der Waals surface area (Å²) >= 11 is 3.43. The molecule has 0 fully saturated rings. The second-order valence-electron chi connectivity index (χ2n) is 2.91. The quantitative estimate of drug-likeness (QED) is 0.899. The summed E-state index contributed by atoms with van der Waals surface area (Å²) in [5.41, 5.74) is 0. The van der Waals surface area contributed by atoms with Gasteiger partial charge in [-0.25, -0.2) is 4.98 Å². The number of anilines is 2. The molecule has 5 heteroatoms. The predicted molar refractivity (Wildman–Crippen MR) is 62.8 cm³/mol. The summed E-state index contributed by atoms with van der Waals surface area (Å²) in [5, 5.41) is 3.08. The fourth-order valence-electron chi connectivity index (χ4n) is 1.02. The molecular weight excluding hydrogens is 244 g/mol. The molecule has 0 aliphatic rings. The fourth-order valence-corrected chi connectivity index (χ4v) is 1.51. The normalized spacial score (nSPS) is 10.0. The van der Waals surface area contributed by atoms with Crippen LogP contribution in [0.5, 0.6) is 0 Å². The molecule has 0 saturated heterocycles. The fraction of sp³-hybridized carbons (Fsp3) is 0.556. The standard InChI is InChI=1S/C9H15BrN4/c1-4-11-9-12-6-7(10)8(13-9)14(3)5-2/h6H,4-5H2,1-3H3,(H,11,12,13). The molecule has 1 aromatic heterocycles. The monoisotopic (exact) mass is 258 g/mol. The summed E-state index contributed by atoms with van der Waals surface area (Å²) in [4.78, 5) is 10.6. The molecule has 78 valence electrons. The van der Waals surface area contributed by atoms with Gasteiger partial charge in [0.05, 0.1) is 4.47 Å². The summed E-state index contributed by atoms with van der Waals surface area (Å²) in [7, 11) is 2.00. The highest BCUT2D eigenvalue weighted by Crippen LogP contribution is 2.22. The molecule has 0 aromatic carbocycles. The number of rotatable bonds is 4. The molecule has 0 unspecified atom stereocenters. The van der Waals surface area contributed by atoms with Crippen molar-refractivity contribution in [1.82, 2.24) is 9.97 Å². The van der Waals surface area contributed by atoms with Crippen LogP contribution in [-0.4, -0.2) is 30.1 Å². The van der Waals surface area contributed by atoms with E-state index in [1.807, 2.05) is 14.0 Å². The highest BCUT2D eigenvalue weighted by Gasteiger charge is 2.07. The highest BCUT2D eigenvalue weighted by molar-refractivity contribution is 9.10. The molecule has 0 amide bonds. The van der Waals surface area contributed by atoms with E-state index in [-0.39, 0.29) is 0 Å². The maximum absolute atomic E-state index is 4.39. The van der Waals surface area contributed by atoms with Gasteiger partial charge < -0.3 is 10.2 Å². The van der Waals surface area contributed by atoms with Crippen LogP contribution >= 0.6 is 15.9 Å². The first-order valence-corrected chi connectivity index (χ1v) is 5.45. The van der Waals surface area contributed by atoms with Gasteiger partial charge in [-0.15, -0.1) is 0 Å². The third-order valence-corrected chi connectivity index (χ3v) is 2.46. The van der Waals surface area contributed by atoms with Crippen molar-refractivity contribution in [3.05, 3.63) is 10.7 Å². The maximum Gasteiger partial charge on any atom is 0.224 e. The number of hydrogen-bond donors (Lipinski definition) is 1. The van der Waals surface area contributed by atoms with Gasteiger partial charge in [-0.3, -0.25) is 0 Å². The first-order valence-electron chi connectivity index (χ1n) is 4.66. The molecule has 14 heavy (non-hydrogen) atoms. The van der Waals surface area contributed by atoms with Gasteiger partial charge in [0.2, 0.25) is 5.95 Å². The molecule has 0 bridgehead atoms. The number of hydrogen-bond acceptors (Lipinski definition) is 4. The van der Waals surface area contributed by atoms with Gasteiger partial charge >= 0.3 is 0 Å². The Bertz CT molecular complexity index is 303. The van der Waals surface area contributed by atoms with E-state index in [0.29, 0.717) is 5.95 Å². The Kier molecular flexibility index (Phi) is 4.13. The topological polar surface area (TPSA) is 41.1 Å². The van der Waals surface area contributed by atoms with Gasteiger partial charge in [0, 0.05) is 26.3 Å². The molecule has 0 radical (unpaired) electrons. The Hall–Kier alpha value is -0.840. The molecule has 0 aliphatic carbocycles. The van der Waals surface area contributed by atoms with Crippen molar-refractivity contribution in [3.8, 4) is 0 Å². The van der Waals surface area contributed by atoms with E-state index in [1.165, 1.54) is 0 Å². The highest BCUT2D eigenvalue weighted by atomic mass is 79.9. The van der Waals surface area contributed by atoms with Crippen LogP contribution < -0.4 is 10.2 Å². The van der Waals surface area contributed by atoms with E-state index in [1.54, 1.807) is 6.20 Å². The van der Waals surface area contributed by atoms with Crippen LogP contribution in [0.3, 0.4) is 0 Å². The molecule has 0 aliphatic heterocycles. The van der Waals surface area contributed by atoms with Gasteiger partial charge in [0.25, 0.3) is 0 Å². The van der Waals surface area contributed by atoms with Crippen molar-refractivity contribution in [2.45, 2.75) is 13.8 Å².